The number of hydrogen-bond donors (Lipinski definition) is 4. The fourth-order valence-electron chi connectivity index (χ4n) is 10.2. The number of aromatic nitrogens is 6. The van der Waals surface area contributed by atoms with E-state index in [4.69, 9.17) is 4.84 Å². The molecule has 0 spiro atoms. The number of rotatable bonds is 14. The van der Waals surface area contributed by atoms with Crippen molar-refractivity contribution < 1.29 is 29.1 Å². The summed E-state index contributed by atoms with van der Waals surface area (Å²) in [6.07, 6.45) is 10.3. The highest BCUT2D eigenvalue weighted by atomic mass is 32.2. The van der Waals surface area contributed by atoms with Gasteiger partial charge in [0, 0.05) is 76.2 Å². The predicted octanol–water partition coefficient (Wildman–Crippen LogP) is 8.90. The molecular weight excluding hydrogens is 1010 g/mol. The van der Waals surface area contributed by atoms with Gasteiger partial charge in [0.05, 0.1) is 43.5 Å². The SMILES string of the molecule is CN1C[C@H](On2cnc(C(=O)N(c3ccc(C(C)(C)C)cc3)C(C(=O)N[C@@H]3c4ccccc4SC[C@@H]3O)c3cccnc3)c2)[C@@H](NC(=O)C(c2cccnc2)N(C(=O)c2cnc[nH]2)c2ccc(C(C)(C)C)cc2)c2ccccc21. The number of pyridine rings is 2. The summed E-state index contributed by atoms with van der Waals surface area (Å²) in [4.78, 5) is 93.8. The van der Waals surface area contributed by atoms with Crippen molar-refractivity contribution in [2.75, 3.05) is 34.0 Å². The molecule has 0 saturated heterocycles. The van der Waals surface area contributed by atoms with E-state index in [2.05, 4.69) is 77.1 Å². The van der Waals surface area contributed by atoms with Gasteiger partial charge in [0.25, 0.3) is 11.8 Å². The highest BCUT2D eigenvalue weighted by molar-refractivity contribution is 7.99. The molecule has 4 aromatic carbocycles. The Morgan fingerprint density at radius 3 is 1.80 bits per heavy atom. The Morgan fingerprint density at radius 2 is 1.24 bits per heavy atom. The maximum atomic E-state index is 15.5. The molecule has 0 bridgehead atoms. The number of para-hydroxylation sites is 1. The third-order valence-corrected chi connectivity index (χ3v) is 15.6. The lowest BCUT2D eigenvalue weighted by molar-refractivity contribution is -0.125. The molecule has 0 radical (unpaired) electrons. The molecule has 4 aromatic heterocycles. The number of H-pyrrole nitrogens is 1. The molecule has 4 N–H and O–H groups in total. The number of hydrogen-bond acceptors (Lipinski definition) is 12. The number of fused-ring (bicyclic) bond motifs is 2. The van der Waals surface area contributed by atoms with E-state index in [1.165, 1.54) is 51.3 Å². The lowest BCUT2D eigenvalue weighted by Crippen LogP contribution is -2.53. The molecule has 2 unspecified atom stereocenters. The Kier molecular flexibility index (Phi) is 15.2. The topological polar surface area (TPSA) is 204 Å². The number of imidazole rings is 2. The first kappa shape index (κ1) is 53.8. The van der Waals surface area contributed by atoms with E-state index in [-0.39, 0.29) is 28.8 Å². The number of likely N-dealkylation sites (N-methyl/N-ethyl adjacent to an activating group) is 1. The molecule has 18 heteroatoms. The van der Waals surface area contributed by atoms with E-state index in [0.717, 1.165) is 32.8 Å². The number of nitrogens with one attached hydrogen (secondary N) is 3. The third-order valence-electron chi connectivity index (χ3n) is 14.4. The van der Waals surface area contributed by atoms with Crippen LogP contribution in [0, 0.1) is 0 Å². The van der Waals surface area contributed by atoms with Gasteiger partial charge in [-0.25, -0.2) is 9.97 Å². The van der Waals surface area contributed by atoms with Gasteiger partial charge in [-0.3, -0.25) is 38.9 Å². The number of aromatic amines is 1. The van der Waals surface area contributed by atoms with Crippen LogP contribution >= 0.6 is 11.8 Å². The standard InChI is InChI=1S/C61H63N11O6S/c1-60(2,3)40-20-24-42(25-21-40)71(58(76)46-32-64-36-65-46)55(39-15-13-29-63-31-39)57(75)68-53-44-16-8-10-18-48(44)69(7)34-50(53)78-70-33-47(66-37-70)59(77)72(43-26-22-41(23-27-43)61(4,5)6)54(38-14-12-28-62-30-38)56(74)67-52-45-17-9-11-19-51(45)79-35-49(52)73/h8-33,36-37,49-50,52-55,73H,34-35H2,1-7H3,(H,64,65)(H,67,74)(H,68,75)/t49-,50-,52+,53-,54?,55?/m0/s1. The largest absolute Gasteiger partial charge is 0.405 e. The summed E-state index contributed by atoms with van der Waals surface area (Å²) in [6, 6.07) is 33.3. The number of aliphatic hydroxyl groups is 1. The van der Waals surface area contributed by atoms with E-state index in [1.807, 2.05) is 109 Å². The zero-order valence-corrected chi connectivity index (χ0v) is 45.8. The quantitative estimate of drug-likeness (QED) is 0.0807. The average molecular weight is 1080 g/mol. The smallest absolute Gasteiger partial charge is 0.279 e. The van der Waals surface area contributed by atoms with E-state index in [9.17, 15) is 9.90 Å². The van der Waals surface area contributed by atoms with E-state index < -0.39 is 60.0 Å². The van der Waals surface area contributed by atoms with Crippen LogP contribution in [0.25, 0.3) is 0 Å². The third kappa shape index (κ3) is 11.4. The molecule has 0 saturated carbocycles. The lowest BCUT2D eigenvalue weighted by atomic mass is 9.87. The maximum Gasteiger partial charge on any atom is 0.279 e. The Labute approximate surface area is 463 Å². The second-order valence-corrected chi connectivity index (χ2v) is 22.9. The number of carbonyl (C=O) groups excluding carboxylic acids is 4. The van der Waals surface area contributed by atoms with Crippen molar-refractivity contribution in [1.82, 2.24) is 40.3 Å². The second-order valence-electron chi connectivity index (χ2n) is 21.9. The van der Waals surface area contributed by atoms with Crippen molar-refractivity contribution in [3.8, 4) is 0 Å². The summed E-state index contributed by atoms with van der Waals surface area (Å²) in [5.41, 5.74) is 5.94. The zero-order valence-electron chi connectivity index (χ0n) is 45.0. The van der Waals surface area contributed by atoms with Crippen LogP contribution in [0.3, 0.4) is 0 Å². The van der Waals surface area contributed by atoms with Gasteiger partial charge >= 0.3 is 0 Å². The fourth-order valence-corrected chi connectivity index (χ4v) is 11.3. The first-order valence-electron chi connectivity index (χ1n) is 26.1. The Hall–Kier alpha value is -8.61. The van der Waals surface area contributed by atoms with Crippen molar-refractivity contribution in [3.63, 3.8) is 0 Å². The van der Waals surface area contributed by atoms with Gasteiger partial charge in [-0.2, -0.15) is 4.73 Å². The molecule has 404 valence electrons. The van der Waals surface area contributed by atoms with Crippen molar-refractivity contribution in [3.05, 3.63) is 216 Å². The van der Waals surface area contributed by atoms with Crippen molar-refractivity contribution in [2.45, 2.75) is 93.6 Å². The maximum absolute atomic E-state index is 15.5. The average Bonchev–Trinajstić information content (AvgIpc) is 4.25. The number of amides is 4. The summed E-state index contributed by atoms with van der Waals surface area (Å²) in [6.45, 7) is 12.9. The highest BCUT2D eigenvalue weighted by Crippen LogP contribution is 2.40. The van der Waals surface area contributed by atoms with Gasteiger partial charge in [0.15, 0.2) is 6.10 Å². The molecule has 79 heavy (non-hydrogen) atoms. The van der Waals surface area contributed by atoms with E-state index in [0.29, 0.717) is 28.3 Å². The van der Waals surface area contributed by atoms with Crippen LogP contribution in [0.1, 0.15) is 120 Å². The van der Waals surface area contributed by atoms with E-state index in [1.54, 1.807) is 49.1 Å². The lowest BCUT2D eigenvalue weighted by Gasteiger charge is -2.40. The van der Waals surface area contributed by atoms with Crippen LogP contribution in [0.5, 0.6) is 0 Å². The Bertz CT molecular complexity index is 3440. The molecule has 8 aromatic rings. The van der Waals surface area contributed by atoms with Gasteiger partial charge in [0.1, 0.15) is 29.8 Å². The number of nitrogens with zero attached hydrogens (tertiary/aromatic N) is 8. The summed E-state index contributed by atoms with van der Waals surface area (Å²) < 4.78 is 1.34. The second kappa shape index (κ2) is 22.4. The van der Waals surface area contributed by atoms with Gasteiger partial charge in [-0.15, -0.1) is 11.8 Å². The number of benzene rings is 4. The molecule has 2 aliphatic heterocycles. The number of carbonyl (C=O) groups is 4. The summed E-state index contributed by atoms with van der Waals surface area (Å²) >= 11 is 1.52. The predicted molar refractivity (Wildman–Crippen MR) is 304 cm³/mol. The minimum Gasteiger partial charge on any atom is -0.405 e. The van der Waals surface area contributed by atoms with Gasteiger partial charge in [-0.1, -0.05) is 114 Å². The Morgan fingerprint density at radius 1 is 0.684 bits per heavy atom. The molecule has 2 aliphatic rings. The van der Waals surface area contributed by atoms with Crippen LogP contribution in [-0.4, -0.2) is 89.9 Å². The molecule has 4 amide bonds. The molecule has 10 rings (SSSR count). The fraction of sp³-hybridized carbons (Fsp3) is 0.279. The van der Waals surface area contributed by atoms with Gasteiger partial charge < -0.3 is 30.5 Å². The molecular formula is C61H63N11O6S. The zero-order chi connectivity index (χ0) is 55.6. The van der Waals surface area contributed by atoms with E-state index >= 15 is 14.4 Å². The van der Waals surface area contributed by atoms with Crippen molar-refractivity contribution in [2.24, 2.45) is 0 Å². The first-order chi connectivity index (χ1) is 37.9. The van der Waals surface area contributed by atoms with Gasteiger partial charge in [-0.05, 0) is 76.1 Å². The van der Waals surface area contributed by atoms with Crippen LogP contribution < -0.4 is 30.2 Å². The number of thioether (sulfide) groups is 1. The van der Waals surface area contributed by atoms with Crippen LogP contribution in [0.4, 0.5) is 17.1 Å². The van der Waals surface area contributed by atoms with Crippen molar-refractivity contribution >= 4 is 52.5 Å². The summed E-state index contributed by atoms with van der Waals surface area (Å²) in [5.74, 6) is -1.81. The van der Waals surface area contributed by atoms with Crippen LogP contribution in [-0.2, 0) is 20.4 Å². The number of aliphatic hydroxyl groups excluding tert-OH is 1. The summed E-state index contributed by atoms with van der Waals surface area (Å²) in [7, 11) is 1.93. The minimum absolute atomic E-state index is 0.0479. The van der Waals surface area contributed by atoms with Crippen LogP contribution in [0.2, 0.25) is 0 Å². The molecule has 6 atom stereocenters. The summed E-state index contributed by atoms with van der Waals surface area (Å²) in [5, 5.41) is 17.8. The molecule has 17 nitrogen and oxygen atoms in total. The monoisotopic (exact) mass is 1080 g/mol. The minimum atomic E-state index is -1.28. The van der Waals surface area contributed by atoms with Crippen molar-refractivity contribution in [1.29, 1.82) is 0 Å². The highest BCUT2D eigenvalue weighted by Gasteiger charge is 2.42. The number of anilines is 3. The molecule has 0 aliphatic carbocycles. The van der Waals surface area contributed by atoms with Gasteiger partial charge in [0.2, 0.25) is 11.8 Å². The molecule has 0 fully saturated rings. The first-order valence-corrected chi connectivity index (χ1v) is 27.1. The van der Waals surface area contributed by atoms with Crippen LogP contribution in [0.15, 0.2) is 176 Å². The normalized spacial score (nSPS) is 17.8. The Balaban J connectivity index is 1.00. The molecule has 6 heterocycles.